The SMILES string of the molecule is Cc1cccc(N2CCN(CCCCCC(=O)N3Cc4ccccc4C3)CC2)c1C. The molecule has 0 aromatic heterocycles. The zero-order chi connectivity index (χ0) is 20.9. The van der Waals surface area contributed by atoms with Gasteiger partial charge in [0, 0.05) is 51.4 Å². The van der Waals surface area contributed by atoms with E-state index < -0.39 is 0 Å². The van der Waals surface area contributed by atoms with Gasteiger partial charge in [0.2, 0.25) is 5.91 Å². The lowest BCUT2D eigenvalue weighted by Gasteiger charge is -2.37. The van der Waals surface area contributed by atoms with Crippen molar-refractivity contribution >= 4 is 11.6 Å². The molecule has 0 spiro atoms. The smallest absolute Gasteiger partial charge is 0.223 e. The van der Waals surface area contributed by atoms with Crippen LogP contribution in [-0.4, -0.2) is 48.4 Å². The van der Waals surface area contributed by atoms with Gasteiger partial charge in [0.1, 0.15) is 0 Å². The average Bonchev–Trinajstić information content (AvgIpc) is 3.20. The minimum Gasteiger partial charge on any atom is -0.369 e. The zero-order valence-corrected chi connectivity index (χ0v) is 18.6. The molecule has 160 valence electrons. The number of nitrogens with zero attached hydrogens (tertiary/aromatic N) is 3. The number of hydrogen-bond donors (Lipinski definition) is 0. The van der Waals surface area contributed by atoms with Crippen molar-refractivity contribution < 1.29 is 4.79 Å². The topological polar surface area (TPSA) is 26.8 Å². The molecule has 0 bridgehead atoms. The third-order valence-electron chi connectivity index (χ3n) is 6.85. The van der Waals surface area contributed by atoms with E-state index in [1.165, 1.54) is 34.4 Å². The molecule has 2 aliphatic rings. The van der Waals surface area contributed by atoms with Gasteiger partial charge in [-0.1, -0.05) is 42.8 Å². The summed E-state index contributed by atoms with van der Waals surface area (Å²) in [5.41, 5.74) is 6.81. The number of amides is 1. The summed E-state index contributed by atoms with van der Waals surface area (Å²) in [6.07, 6.45) is 4.03. The summed E-state index contributed by atoms with van der Waals surface area (Å²) < 4.78 is 0. The van der Waals surface area contributed by atoms with E-state index in [0.29, 0.717) is 12.3 Å². The van der Waals surface area contributed by atoms with E-state index >= 15 is 0 Å². The number of carbonyl (C=O) groups excluding carboxylic acids is 1. The highest BCUT2D eigenvalue weighted by Gasteiger charge is 2.22. The van der Waals surface area contributed by atoms with Crippen LogP contribution in [0.3, 0.4) is 0 Å². The van der Waals surface area contributed by atoms with E-state index in [9.17, 15) is 4.79 Å². The van der Waals surface area contributed by atoms with E-state index in [1.807, 2.05) is 4.90 Å². The van der Waals surface area contributed by atoms with Crippen LogP contribution in [0, 0.1) is 13.8 Å². The Kier molecular flexibility index (Phi) is 6.73. The fourth-order valence-corrected chi connectivity index (χ4v) is 4.75. The van der Waals surface area contributed by atoms with Gasteiger partial charge in [0.15, 0.2) is 0 Å². The van der Waals surface area contributed by atoms with Crippen LogP contribution in [0.25, 0.3) is 0 Å². The molecule has 4 rings (SSSR count). The molecule has 4 heteroatoms. The first-order valence-corrected chi connectivity index (χ1v) is 11.5. The Balaban J connectivity index is 1.11. The molecule has 30 heavy (non-hydrogen) atoms. The first-order valence-electron chi connectivity index (χ1n) is 11.5. The molecule has 1 amide bonds. The maximum atomic E-state index is 12.5. The minimum atomic E-state index is 0.313. The number of unbranched alkanes of at least 4 members (excludes halogenated alkanes) is 2. The van der Waals surface area contributed by atoms with Gasteiger partial charge in [0.25, 0.3) is 0 Å². The maximum Gasteiger partial charge on any atom is 0.223 e. The number of carbonyl (C=O) groups is 1. The fraction of sp³-hybridized carbons (Fsp3) is 0.500. The van der Waals surface area contributed by atoms with Crippen LogP contribution in [0.5, 0.6) is 0 Å². The first-order chi connectivity index (χ1) is 14.6. The van der Waals surface area contributed by atoms with Crippen molar-refractivity contribution in [3.63, 3.8) is 0 Å². The van der Waals surface area contributed by atoms with E-state index in [1.54, 1.807) is 0 Å². The quantitative estimate of drug-likeness (QED) is 0.633. The molecule has 0 N–H and O–H groups in total. The molecule has 0 radical (unpaired) electrons. The van der Waals surface area contributed by atoms with Crippen molar-refractivity contribution in [2.75, 3.05) is 37.6 Å². The van der Waals surface area contributed by atoms with Gasteiger partial charge in [-0.05, 0) is 61.6 Å². The summed E-state index contributed by atoms with van der Waals surface area (Å²) in [5.74, 6) is 0.313. The van der Waals surface area contributed by atoms with Gasteiger partial charge in [-0.25, -0.2) is 0 Å². The summed E-state index contributed by atoms with van der Waals surface area (Å²) >= 11 is 0. The molecule has 2 heterocycles. The van der Waals surface area contributed by atoms with Crippen LogP contribution in [0.15, 0.2) is 42.5 Å². The van der Waals surface area contributed by atoms with Crippen molar-refractivity contribution in [3.8, 4) is 0 Å². The highest BCUT2D eigenvalue weighted by Crippen LogP contribution is 2.25. The second-order valence-corrected chi connectivity index (χ2v) is 8.88. The Morgan fingerprint density at radius 1 is 0.833 bits per heavy atom. The van der Waals surface area contributed by atoms with Crippen LogP contribution in [0.4, 0.5) is 5.69 Å². The monoisotopic (exact) mass is 405 g/mol. The minimum absolute atomic E-state index is 0.313. The molecule has 0 unspecified atom stereocenters. The highest BCUT2D eigenvalue weighted by atomic mass is 16.2. The maximum absolute atomic E-state index is 12.5. The Morgan fingerprint density at radius 2 is 1.53 bits per heavy atom. The molecule has 1 fully saturated rings. The van der Waals surface area contributed by atoms with Gasteiger partial charge < -0.3 is 9.80 Å². The molecule has 0 saturated carbocycles. The van der Waals surface area contributed by atoms with Gasteiger partial charge in [-0.2, -0.15) is 0 Å². The van der Waals surface area contributed by atoms with Gasteiger partial charge in [-0.3, -0.25) is 9.69 Å². The number of rotatable bonds is 7. The number of benzene rings is 2. The third-order valence-corrected chi connectivity index (χ3v) is 6.85. The highest BCUT2D eigenvalue weighted by molar-refractivity contribution is 5.76. The standard InChI is InChI=1S/C26H35N3O/c1-21-9-8-12-25(22(21)2)28-17-15-27(16-18-28)14-7-3-4-13-26(30)29-19-23-10-5-6-11-24(23)20-29/h5-6,8-12H,3-4,7,13-20H2,1-2H3. The average molecular weight is 406 g/mol. The molecule has 1 saturated heterocycles. The number of fused-ring (bicyclic) bond motifs is 1. The van der Waals surface area contributed by atoms with E-state index in [0.717, 1.165) is 58.7 Å². The van der Waals surface area contributed by atoms with Gasteiger partial charge in [0.05, 0.1) is 0 Å². The van der Waals surface area contributed by atoms with Crippen molar-refractivity contribution in [1.82, 2.24) is 9.80 Å². The third kappa shape index (κ3) is 4.86. The summed E-state index contributed by atoms with van der Waals surface area (Å²) in [5, 5.41) is 0. The largest absolute Gasteiger partial charge is 0.369 e. The second-order valence-electron chi connectivity index (χ2n) is 8.88. The first kappa shape index (κ1) is 20.9. The van der Waals surface area contributed by atoms with Crippen molar-refractivity contribution in [2.45, 2.75) is 52.6 Å². The molecular weight excluding hydrogens is 370 g/mol. The second kappa shape index (κ2) is 9.65. The number of piperazine rings is 1. The van der Waals surface area contributed by atoms with Crippen LogP contribution in [0.2, 0.25) is 0 Å². The van der Waals surface area contributed by atoms with E-state index in [-0.39, 0.29) is 0 Å². The molecule has 2 aromatic carbocycles. The summed E-state index contributed by atoms with van der Waals surface area (Å²) in [4.78, 5) is 19.6. The lowest BCUT2D eigenvalue weighted by atomic mass is 10.1. The molecule has 2 aromatic rings. The van der Waals surface area contributed by atoms with E-state index in [2.05, 4.69) is 66.1 Å². The summed E-state index contributed by atoms with van der Waals surface area (Å²) in [6.45, 7) is 11.7. The molecular formula is C26H35N3O. The predicted molar refractivity (Wildman–Crippen MR) is 124 cm³/mol. The molecule has 4 nitrogen and oxygen atoms in total. The lowest BCUT2D eigenvalue weighted by molar-refractivity contribution is -0.131. The summed E-state index contributed by atoms with van der Waals surface area (Å²) in [7, 11) is 0. The number of aryl methyl sites for hydroxylation is 1. The van der Waals surface area contributed by atoms with Crippen molar-refractivity contribution in [2.24, 2.45) is 0 Å². The van der Waals surface area contributed by atoms with Gasteiger partial charge in [-0.15, -0.1) is 0 Å². The van der Waals surface area contributed by atoms with Crippen LogP contribution < -0.4 is 4.90 Å². The Bertz CT molecular complexity index is 845. The van der Waals surface area contributed by atoms with Crippen LogP contribution >= 0.6 is 0 Å². The Morgan fingerprint density at radius 3 is 2.23 bits per heavy atom. The lowest BCUT2D eigenvalue weighted by Crippen LogP contribution is -2.46. The number of hydrogen-bond acceptors (Lipinski definition) is 3. The normalized spacial score (nSPS) is 16.7. The Hall–Kier alpha value is -2.33. The van der Waals surface area contributed by atoms with Crippen LogP contribution in [-0.2, 0) is 17.9 Å². The fourth-order valence-electron chi connectivity index (χ4n) is 4.75. The molecule has 0 aliphatic carbocycles. The number of anilines is 1. The summed E-state index contributed by atoms with van der Waals surface area (Å²) in [6, 6.07) is 15.0. The van der Waals surface area contributed by atoms with Crippen LogP contribution in [0.1, 0.15) is 47.9 Å². The van der Waals surface area contributed by atoms with Crippen molar-refractivity contribution in [1.29, 1.82) is 0 Å². The predicted octanol–water partition coefficient (Wildman–Crippen LogP) is 4.53. The van der Waals surface area contributed by atoms with E-state index in [4.69, 9.17) is 0 Å². The molecule has 0 atom stereocenters. The Labute approximate surface area is 181 Å². The van der Waals surface area contributed by atoms with Gasteiger partial charge >= 0.3 is 0 Å². The molecule has 2 aliphatic heterocycles. The van der Waals surface area contributed by atoms with Crippen molar-refractivity contribution in [3.05, 3.63) is 64.7 Å². The zero-order valence-electron chi connectivity index (χ0n) is 18.6.